The number of hydrogen-bond donors (Lipinski definition) is 1. The zero-order valence-electron chi connectivity index (χ0n) is 16.1. The molecule has 4 nitrogen and oxygen atoms in total. The lowest BCUT2D eigenvalue weighted by atomic mass is 9.84. The first kappa shape index (κ1) is 19.3. The van der Waals surface area contributed by atoms with Crippen molar-refractivity contribution < 1.29 is 14.6 Å². The Morgan fingerprint density at radius 3 is 2.45 bits per heavy atom. The molecule has 3 aromatic rings. The minimum Gasteiger partial charge on any atom is -0.478 e. The summed E-state index contributed by atoms with van der Waals surface area (Å²) in [5.74, 6) is -0.194. The van der Waals surface area contributed by atoms with Crippen LogP contribution in [0.15, 0.2) is 72.8 Å². The lowest BCUT2D eigenvalue weighted by molar-refractivity contribution is -0.145. The van der Waals surface area contributed by atoms with Crippen molar-refractivity contribution in [3.05, 3.63) is 94.5 Å². The maximum Gasteiger partial charge on any atom is 0.349 e. The van der Waals surface area contributed by atoms with Gasteiger partial charge in [-0.05, 0) is 47.9 Å². The second-order valence-electron chi connectivity index (χ2n) is 7.28. The number of carbonyl (C=O) groups is 1. The van der Waals surface area contributed by atoms with Crippen LogP contribution in [0.25, 0.3) is 0 Å². The molecule has 0 spiro atoms. The summed E-state index contributed by atoms with van der Waals surface area (Å²) in [6.45, 7) is 0.998. The van der Waals surface area contributed by atoms with Gasteiger partial charge in [-0.25, -0.2) is 4.79 Å². The van der Waals surface area contributed by atoms with Crippen molar-refractivity contribution in [1.29, 1.82) is 0 Å². The summed E-state index contributed by atoms with van der Waals surface area (Å²) < 4.78 is 5.78. The first-order valence-corrected chi connectivity index (χ1v) is 9.95. The molecule has 148 valence electrons. The first-order valence-electron chi connectivity index (χ1n) is 9.58. The van der Waals surface area contributed by atoms with Gasteiger partial charge in [-0.15, -0.1) is 0 Å². The SMILES string of the molecule is CN1CCC(c2ccc(OC(C(=O)O)c3ccc(Cl)cc3)cc2)c2ccccc21. The molecule has 5 heteroatoms. The van der Waals surface area contributed by atoms with Crippen LogP contribution in [0.5, 0.6) is 5.75 Å². The molecule has 1 aliphatic heterocycles. The molecule has 1 heterocycles. The summed E-state index contributed by atoms with van der Waals surface area (Å²) in [5.41, 5.74) is 4.34. The van der Waals surface area contributed by atoms with Crippen LogP contribution in [0.4, 0.5) is 5.69 Å². The first-order chi connectivity index (χ1) is 14.0. The molecular weight excluding hydrogens is 386 g/mol. The quantitative estimate of drug-likeness (QED) is 0.605. The minimum atomic E-state index is -1.08. The number of ether oxygens (including phenoxy) is 1. The van der Waals surface area contributed by atoms with Crippen LogP contribution < -0.4 is 9.64 Å². The average Bonchev–Trinajstić information content (AvgIpc) is 2.74. The molecule has 0 saturated heterocycles. The van der Waals surface area contributed by atoms with Gasteiger partial charge in [0, 0.05) is 35.8 Å². The van der Waals surface area contributed by atoms with Gasteiger partial charge in [0.05, 0.1) is 0 Å². The Morgan fingerprint density at radius 1 is 1.07 bits per heavy atom. The van der Waals surface area contributed by atoms with Crippen LogP contribution in [0.3, 0.4) is 0 Å². The van der Waals surface area contributed by atoms with E-state index in [2.05, 4.69) is 36.2 Å². The fraction of sp³-hybridized carbons (Fsp3) is 0.208. The number of hydrogen-bond acceptors (Lipinski definition) is 3. The van der Waals surface area contributed by atoms with Crippen LogP contribution >= 0.6 is 11.6 Å². The molecule has 1 N–H and O–H groups in total. The molecule has 0 aromatic heterocycles. The number of carboxylic acids is 1. The van der Waals surface area contributed by atoms with E-state index in [1.165, 1.54) is 16.8 Å². The summed E-state index contributed by atoms with van der Waals surface area (Å²) in [6.07, 6.45) is -0.0434. The predicted octanol–water partition coefficient (Wildman–Crippen LogP) is 5.52. The Hall–Kier alpha value is -2.98. The Morgan fingerprint density at radius 2 is 1.76 bits per heavy atom. The van der Waals surface area contributed by atoms with Crippen LogP contribution in [-0.4, -0.2) is 24.7 Å². The summed E-state index contributed by atoms with van der Waals surface area (Å²) in [4.78, 5) is 14.0. The molecular formula is C24H22ClNO3. The Balaban J connectivity index is 1.56. The van der Waals surface area contributed by atoms with E-state index < -0.39 is 12.1 Å². The van der Waals surface area contributed by atoms with Gasteiger partial charge >= 0.3 is 5.97 Å². The van der Waals surface area contributed by atoms with E-state index in [1.807, 2.05) is 24.3 Å². The summed E-state index contributed by atoms with van der Waals surface area (Å²) in [6, 6.07) is 22.9. The molecule has 0 saturated carbocycles. The highest BCUT2D eigenvalue weighted by atomic mass is 35.5. The van der Waals surface area contributed by atoms with Gasteiger partial charge in [0.2, 0.25) is 6.10 Å². The minimum absolute atomic E-state index is 0.322. The van der Waals surface area contributed by atoms with E-state index in [-0.39, 0.29) is 0 Å². The molecule has 0 bridgehead atoms. The van der Waals surface area contributed by atoms with Crippen molar-refractivity contribution in [1.82, 2.24) is 0 Å². The van der Waals surface area contributed by atoms with Crippen molar-refractivity contribution in [3.8, 4) is 5.75 Å². The fourth-order valence-corrected chi connectivity index (χ4v) is 4.01. The predicted molar refractivity (Wildman–Crippen MR) is 115 cm³/mol. The Kier molecular flexibility index (Phi) is 5.45. The number of halogens is 1. The van der Waals surface area contributed by atoms with E-state index >= 15 is 0 Å². The van der Waals surface area contributed by atoms with E-state index in [0.717, 1.165) is 13.0 Å². The maximum absolute atomic E-state index is 11.7. The molecule has 29 heavy (non-hydrogen) atoms. The standard InChI is InChI=1S/C24H22ClNO3/c1-26-15-14-20(21-4-2-3-5-22(21)26)16-8-12-19(13-9-16)29-23(24(27)28)17-6-10-18(25)11-7-17/h2-13,20,23H,14-15H2,1H3,(H,27,28). The van der Waals surface area contributed by atoms with Crippen molar-refractivity contribution in [2.24, 2.45) is 0 Å². The van der Waals surface area contributed by atoms with E-state index in [1.54, 1.807) is 24.3 Å². The number of anilines is 1. The summed E-state index contributed by atoms with van der Waals surface area (Å²) in [7, 11) is 2.12. The van der Waals surface area contributed by atoms with Crippen molar-refractivity contribution in [2.75, 3.05) is 18.5 Å². The Bertz CT molecular complexity index is 1000. The van der Waals surface area contributed by atoms with Gasteiger partial charge < -0.3 is 14.7 Å². The van der Waals surface area contributed by atoms with Crippen LogP contribution in [0, 0.1) is 0 Å². The maximum atomic E-state index is 11.7. The van der Waals surface area contributed by atoms with Gasteiger partial charge in [0.25, 0.3) is 0 Å². The van der Waals surface area contributed by atoms with Gasteiger partial charge in [-0.3, -0.25) is 0 Å². The van der Waals surface area contributed by atoms with Crippen LogP contribution in [0.2, 0.25) is 5.02 Å². The van der Waals surface area contributed by atoms with Crippen molar-refractivity contribution >= 4 is 23.3 Å². The summed E-state index contributed by atoms with van der Waals surface area (Å²) >= 11 is 5.90. The third-order valence-electron chi connectivity index (χ3n) is 5.41. The normalized spacial score (nSPS) is 16.8. The largest absolute Gasteiger partial charge is 0.478 e. The van der Waals surface area contributed by atoms with E-state index in [4.69, 9.17) is 16.3 Å². The molecule has 2 unspecified atom stereocenters. The van der Waals surface area contributed by atoms with E-state index in [0.29, 0.717) is 22.3 Å². The average molecular weight is 408 g/mol. The number of nitrogens with zero attached hydrogens (tertiary/aromatic N) is 1. The molecule has 2 atom stereocenters. The van der Waals surface area contributed by atoms with E-state index in [9.17, 15) is 9.90 Å². The van der Waals surface area contributed by atoms with Gasteiger partial charge in [0.15, 0.2) is 0 Å². The highest BCUT2D eigenvalue weighted by Gasteiger charge is 2.25. The third kappa shape index (κ3) is 4.08. The second kappa shape index (κ2) is 8.18. The Labute approximate surface area is 175 Å². The monoisotopic (exact) mass is 407 g/mol. The molecule has 0 fully saturated rings. The second-order valence-corrected chi connectivity index (χ2v) is 7.71. The van der Waals surface area contributed by atoms with Crippen LogP contribution in [-0.2, 0) is 4.79 Å². The zero-order chi connectivity index (χ0) is 20.4. The lowest BCUT2D eigenvalue weighted by Gasteiger charge is -2.33. The number of aliphatic carboxylic acids is 1. The highest BCUT2D eigenvalue weighted by Crippen LogP contribution is 2.39. The summed E-state index contributed by atoms with van der Waals surface area (Å²) in [5, 5.41) is 10.1. The van der Waals surface area contributed by atoms with Gasteiger partial charge in [0.1, 0.15) is 5.75 Å². The number of fused-ring (bicyclic) bond motifs is 1. The number of carboxylic acid groups (broad SMARTS) is 1. The third-order valence-corrected chi connectivity index (χ3v) is 5.66. The molecule has 0 aliphatic carbocycles. The highest BCUT2D eigenvalue weighted by molar-refractivity contribution is 6.30. The van der Waals surface area contributed by atoms with Gasteiger partial charge in [-0.2, -0.15) is 0 Å². The molecule has 0 radical (unpaired) electrons. The number of rotatable bonds is 5. The molecule has 0 amide bonds. The molecule has 3 aromatic carbocycles. The number of para-hydroxylation sites is 1. The smallest absolute Gasteiger partial charge is 0.349 e. The van der Waals surface area contributed by atoms with Crippen molar-refractivity contribution in [3.63, 3.8) is 0 Å². The fourth-order valence-electron chi connectivity index (χ4n) is 3.89. The molecule has 1 aliphatic rings. The van der Waals surface area contributed by atoms with Crippen molar-refractivity contribution in [2.45, 2.75) is 18.4 Å². The van der Waals surface area contributed by atoms with Gasteiger partial charge in [-0.1, -0.05) is 54.1 Å². The zero-order valence-corrected chi connectivity index (χ0v) is 16.8. The lowest BCUT2D eigenvalue weighted by Crippen LogP contribution is -2.27. The topological polar surface area (TPSA) is 49.8 Å². The molecule has 4 rings (SSSR count). The number of benzene rings is 3. The van der Waals surface area contributed by atoms with Crippen LogP contribution in [0.1, 0.15) is 35.1 Å².